The molecule has 8 heteroatoms. The van der Waals surface area contributed by atoms with Crippen LogP contribution in [0.4, 0.5) is 5.69 Å². The highest BCUT2D eigenvalue weighted by molar-refractivity contribution is 14.1. The number of aryl methyl sites for hydroxylation is 1. The van der Waals surface area contributed by atoms with Crippen LogP contribution in [-0.4, -0.2) is 20.7 Å². The summed E-state index contributed by atoms with van der Waals surface area (Å²) in [6, 6.07) is 14.8. The summed E-state index contributed by atoms with van der Waals surface area (Å²) >= 11 is 14.7. The van der Waals surface area contributed by atoms with Gasteiger partial charge in [-0.25, -0.2) is 9.67 Å². The molecule has 140 valence electrons. The van der Waals surface area contributed by atoms with Gasteiger partial charge in [-0.05, 0) is 78.0 Å². The Morgan fingerprint density at radius 3 is 2.43 bits per heavy atom. The first-order valence-electron chi connectivity index (χ1n) is 8.31. The summed E-state index contributed by atoms with van der Waals surface area (Å²) in [5.41, 5.74) is 3.09. The number of benzene rings is 2. The summed E-state index contributed by atoms with van der Waals surface area (Å²) in [4.78, 5) is 17.2. The highest BCUT2D eigenvalue weighted by Gasteiger charge is 2.20. The molecule has 0 saturated heterocycles. The van der Waals surface area contributed by atoms with Crippen molar-refractivity contribution < 1.29 is 4.79 Å². The lowest BCUT2D eigenvalue weighted by molar-refractivity contribution is 0.102. The molecule has 2 aromatic carbocycles. The van der Waals surface area contributed by atoms with Crippen molar-refractivity contribution >= 4 is 68.4 Å². The Bertz CT molecular complexity index is 1190. The predicted molar refractivity (Wildman–Crippen MR) is 121 cm³/mol. The second-order valence-electron chi connectivity index (χ2n) is 6.12. The van der Waals surface area contributed by atoms with Gasteiger partial charge in [0.05, 0.1) is 27.4 Å². The Hall–Kier alpha value is -2.16. The van der Waals surface area contributed by atoms with Gasteiger partial charge in [0.15, 0.2) is 5.65 Å². The van der Waals surface area contributed by atoms with Crippen LogP contribution in [0.5, 0.6) is 0 Å². The zero-order valence-corrected chi connectivity index (χ0v) is 18.2. The molecule has 0 spiro atoms. The third-order valence-corrected chi connectivity index (χ3v) is 5.59. The second kappa shape index (κ2) is 7.69. The number of hydrogen-bond donors (Lipinski definition) is 1. The van der Waals surface area contributed by atoms with Crippen molar-refractivity contribution in [2.24, 2.45) is 0 Å². The highest BCUT2D eigenvalue weighted by atomic mass is 127. The molecule has 4 rings (SSSR count). The number of rotatable bonds is 3. The summed E-state index contributed by atoms with van der Waals surface area (Å²) in [7, 11) is 0. The quantitative estimate of drug-likeness (QED) is 0.341. The summed E-state index contributed by atoms with van der Waals surface area (Å²) in [5.74, 6) is -0.344. The molecule has 5 nitrogen and oxygen atoms in total. The molecular formula is C20H13Cl2IN4O. The minimum Gasteiger partial charge on any atom is -0.322 e. The second-order valence-corrected chi connectivity index (χ2v) is 8.18. The molecule has 1 amide bonds. The SMILES string of the molecule is Cc1nn(-c2ccc(I)cc2)c2ncc(C(=O)Nc3ccc(Cl)cc3)c(Cl)c12. The molecule has 2 heterocycles. The van der Waals surface area contributed by atoms with Crippen LogP contribution in [0.25, 0.3) is 16.7 Å². The largest absolute Gasteiger partial charge is 0.322 e. The van der Waals surface area contributed by atoms with Crippen molar-refractivity contribution in [3.8, 4) is 5.69 Å². The van der Waals surface area contributed by atoms with Crippen LogP contribution in [0.3, 0.4) is 0 Å². The first kappa shape index (κ1) is 19.2. The Labute approximate surface area is 184 Å². The lowest BCUT2D eigenvalue weighted by atomic mass is 10.2. The van der Waals surface area contributed by atoms with E-state index in [-0.39, 0.29) is 11.5 Å². The lowest BCUT2D eigenvalue weighted by Crippen LogP contribution is -2.13. The lowest BCUT2D eigenvalue weighted by Gasteiger charge is -2.08. The molecule has 4 aromatic rings. The minimum absolute atomic E-state index is 0.286. The number of halogens is 3. The van der Waals surface area contributed by atoms with Crippen LogP contribution in [-0.2, 0) is 0 Å². The summed E-state index contributed by atoms with van der Waals surface area (Å²) in [5, 5.41) is 8.95. The molecule has 2 aromatic heterocycles. The predicted octanol–water partition coefficient (Wildman–Crippen LogP) is 5.89. The van der Waals surface area contributed by atoms with E-state index in [2.05, 4.69) is 38.0 Å². The van der Waals surface area contributed by atoms with Gasteiger partial charge in [0.2, 0.25) is 0 Å². The van der Waals surface area contributed by atoms with E-state index in [0.29, 0.717) is 32.5 Å². The summed E-state index contributed by atoms with van der Waals surface area (Å²) < 4.78 is 2.86. The number of carbonyl (C=O) groups is 1. The van der Waals surface area contributed by atoms with E-state index in [1.54, 1.807) is 28.9 Å². The van der Waals surface area contributed by atoms with Gasteiger partial charge in [-0.2, -0.15) is 5.10 Å². The zero-order valence-electron chi connectivity index (χ0n) is 14.6. The number of carbonyl (C=O) groups excluding carboxylic acids is 1. The number of fused-ring (bicyclic) bond motifs is 1. The van der Waals surface area contributed by atoms with E-state index in [9.17, 15) is 4.79 Å². The average molecular weight is 523 g/mol. The highest BCUT2D eigenvalue weighted by Crippen LogP contribution is 2.30. The smallest absolute Gasteiger partial charge is 0.258 e. The van der Waals surface area contributed by atoms with Gasteiger partial charge in [-0.1, -0.05) is 23.2 Å². The van der Waals surface area contributed by atoms with Gasteiger partial charge in [0.25, 0.3) is 5.91 Å². The number of hydrogen-bond acceptors (Lipinski definition) is 3. The summed E-state index contributed by atoms with van der Waals surface area (Å²) in [6.07, 6.45) is 1.47. The summed E-state index contributed by atoms with van der Waals surface area (Å²) in [6.45, 7) is 1.85. The monoisotopic (exact) mass is 522 g/mol. The minimum atomic E-state index is -0.344. The standard InChI is InChI=1S/C20H13Cl2IN4O/c1-11-17-18(22)16(20(28)25-14-6-2-12(21)3-7-14)10-24-19(17)27(26-11)15-8-4-13(23)5-9-15/h2-10H,1H3,(H,25,28). The number of anilines is 1. The van der Waals surface area contributed by atoms with Gasteiger partial charge < -0.3 is 5.32 Å². The van der Waals surface area contributed by atoms with Gasteiger partial charge in [0, 0.05) is 20.5 Å². The Kier molecular flexibility index (Phi) is 5.27. The van der Waals surface area contributed by atoms with Crippen LogP contribution >= 0.6 is 45.8 Å². The van der Waals surface area contributed by atoms with Crippen LogP contribution < -0.4 is 5.32 Å². The number of nitrogens with one attached hydrogen (secondary N) is 1. The average Bonchev–Trinajstić information content (AvgIpc) is 3.02. The fraction of sp³-hybridized carbons (Fsp3) is 0.0500. The molecule has 0 unspecified atom stereocenters. The molecule has 0 bridgehead atoms. The van der Waals surface area contributed by atoms with E-state index >= 15 is 0 Å². The third-order valence-electron chi connectivity index (χ3n) is 4.23. The van der Waals surface area contributed by atoms with Crippen molar-refractivity contribution in [1.29, 1.82) is 0 Å². The normalized spacial score (nSPS) is 11.0. The maximum atomic E-state index is 12.7. The van der Waals surface area contributed by atoms with E-state index in [1.807, 2.05) is 31.2 Å². The van der Waals surface area contributed by atoms with Crippen LogP contribution in [0.15, 0.2) is 54.7 Å². The number of nitrogens with zero attached hydrogens (tertiary/aromatic N) is 3. The first-order valence-corrected chi connectivity index (χ1v) is 10.1. The topological polar surface area (TPSA) is 59.8 Å². The molecule has 0 aliphatic heterocycles. The van der Waals surface area contributed by atoms with Crippen LogP contribution in [0.1, 0.15) is 16.1 Å². The Balaban J connectivity index is 1.74. The molecule has 0 aliphatic rings. The van der Waals surface area contributed by atoms with Crippen molar-refractivity contribution in [2.45, 2.75) is 6.92 Å². The van der Waals surface area contributed by atoms with E-state index in [1.165, 1.54) is 6.20 Å². The maximum absolute atomic E-state index is 12.7. The molecule has 0 saturated carbocycles. The van der Waals surface area contributed by atoms with Gasteiger partial charge in [0.1, 0.15) is 0 Å². The first-order chi connectivity index (χ1) is 13.4. The molecular weight excluding hydrogens is 510 g/mol. The van der Waals surface area contributed by atoms with Crippen LogP contribution in [0, 0.1) is 10.5 Å². The van der Waals surface area contributed by atoms with Crippen LogP contribution in [0.2, 0.25) is 10.0 Å². The van der Waals surface area contributed by atoms with Crippen molar-refractivity contribution in [2.75, 3.05) is 5.32 Å². The molecule has 28 heavy (non-hydrogen) atoms. The van der Waals surface area contributed by atoms with E-state index < -0.39 is 0 Å². The molecule has 0 atom stereocenters. The third kappa shape index (κ3) is 3.59. The van der Waals surface area contributed by atoms with Gasteiger partial charge in [-0.3, -0.25) is 4.79 Å². The molecule has 1 N–H and O–H groups in total. The van der Waals surface area contributed by atoms with Crippen molar-refractivity contribution in [3.63, 3.8) is 0 Å². The fourth-order valence-corrected chi connectivity index (χ4v) is 3.70. The van der Waals surface area contributed by atoms with Crippen molar-refractivity contribution in [3.05, 3.63) is 79.6 Å². The number of pyridine rings is 1. The maximum Gasteiger partial charge on any atom is 0.258 e. The molecule has 0 fully saturated rings. The van der Waals surface area contributed by atoms with Gasteiger partial charge >= 0.3 is 0 Å². The Morgan fingerprint density at radius 2 is 1.75 bits per heavy atom. The van der Waals surface area contributed by atoms with E-state index in [4.69, 9.17) is 23.2 Å². The number of amides is 1. The van der Waals surface area contributed by atoms with E-state index in [0.717, 1.165) is 9.26 Å². The zero-order chi connectivity index (χ0) is 19.8. The molecule has 0 radical (unpaired) electrons. The fourth-order valence-electron chi connectivity index (χ4n) is 2.86. The van der Waals surface area contributed by atoms with Crippen molar-refractivity contribution in [1.82, 2.24) is 14.8 Å². The Morgan fingerprint density at radius 1 is 1.07 bits per heavy atom. The van der Waals surface area contributed by atoms with Gasteiger partial charge in [-0.15, -0.1) is 0 Å². The number of aromatic nitrogens is 3. The molecule has 0 aliphatic carbocycles.